The van der Waals surface area contributed by atoms with Gasteiger partial charge in [0.2, 0.25) is 18.6 Å². The number of anilines is 1. The molecule has 0 saturated carbocycles. The fourth-order valence-corrected chi connectivity index (χ4v) is 7.27. The van der Waals surface area contributed by atoms with Gasteiger partial charge in [-0.1, -0.05) is 53.7 Å². The Labute approximate surface area is 267 Å². The minimum atomic E-state index is -4.06. The van der Waals surface area contributed by atoms with E-state index in [0.29, 0.717) is 30.0 Å². The van der Waals surface area contributed by atoms with Crippen molar-refractivity contribution in [1.82, 2.24) is 15.5 Å². The summed E-state index contributed by atoms with van der Waals surface area (Å²) in [5, 5.41) is 17.3. The van der Waals surface area contributed by atoms with Crippen LogP contribution >= 0.6 is 0 Å². The van der Waals surface area contributed by atoms with Crippen LogP contribution in [0, 0.1) is 17.3 Å². The minimum Gasteiger partial charge on any atom is -0.505 e. The van der Waals surface area contributed by atoms with Crippen LogP contribution in [0.3, 0.4) is 0 Å². The van der Waals surface area contributed by atoms with Gasteiger partial charge in [0.15, 0.2) is 11.5 Å². The number of nitrogens with zero attached hydrogens (tertiary/aromatic N) is 2. The average molecular weight is 645 g/mol. The number of hydrogen-bond acceptors (Lipinski definition) is 8. The zero-order valence-corrected chi connectivity index (χ0v) is 28.1. The topological polar surface area (TPSA) is 138 Å². The Bertz CT molecular complexity index is 1470. The van der Waals surface area contributed by atoms with E-state index >= 15 is 0 Å². The molecule has 0 aliphatic carbocycles. The number of carbonyl (C=O) groups is 2. The van der Waals surface area contributed by atoms with Crippen molar-refractivity contribution < 1.29 is 32.6 Å². The molecular formula is C33H48N4O7S. The fraction of sp³-hybridized carbons (Fsp3) is 0.576. The summed E-state index contributed by atoms with van der Waals surface area (Å²) in [6.07, 6.45) is 2.55. The van der Waals surface area contributed by atoms with Gasteiger partial charge in [0.05, 0.1) is 17.1 Å². The maximum Gasteiger partial charge on any atom is 0.264 e. The lowest BCUT2D eigenvalue weighted by atomic mass is 9.86. The molecule has 0 bridgehead atoms. The van der Waals surface area contributed by atoms with Crippen LogP contribution in [0.15, 0.2) is 41.3 Å². The number of phenols is 1. The Morgan fingerprint density at radius 2 is 1.73 bits per heavy atom. The molecule has 1 unspecified atom stereocenters. The van der Waals surface area contributed by atoms with E-state index in [0.717, 1.165) is 25.9 Å². The van der Waals surface area contributed by atoms with Gasteiger partial charge in [-0.05, 0) is 73.4 Å². The van der Waals surface area contributed by atoms with E-state index in [1.165, 1.54) is 16.4 Å². The molecule has 1 saturated heterocycles. The van der Waals surface area contributed by atoms with E-state index in [1.54, 1.807) is 24.3 Å². The van der Waals surface area contributed by atoms with Crippen LogP contribution in [0.5, 0.6) is 17.2 Å². The first-order valence-corrected chi connectivity index (χ1v) is 17.1. The lowest BCUT2D eigenvalue weighted by molar-refractivity contribution is -0.132. The lowest BCUT2D eigenvalue weighted by Gasteiger charge is -2.31. The van der Waals surface area contributed by atoms with Crippen LogP contribution in [0.25, 0.3) is 0 Å². The Morgan fingerprint density at radius 1 is 1.04 bits per heavy atom. The smallest absolute Gasteiger partial charge is 0.264 e. The maximum atomic E-state index is 13.9. The van der Waals surface area contributed by atoms with E-state index in [9.17, 15) is 23.1 Å². The molecule has 45 heavy (non-hydrogen) atoms. The van der Waals surface area contributed by atoms with Crippen molar-refractivity contribution in [2.75, 3.05) is 43.8 Å². The molecule has 2 aliphatic rings. The molecule has 3 N–H and O–H groups in total. The highest BCUT2D eigenvalue weighted by molar-refractivity contribution is 7.92. The van der Waals surface area contributed by atoms with E-state index in [-0.39, 0.29) is 59.9 Å². The Hall–Kier alpha value is -3.51. The Balaban J connectivity index is 1.45. The highest BCUT2D eigenvalue weighted by Gasteiger charge is 2.34. The van der Waals surface area contributed by atoms with E-state index in [1.807, 2.05) is 41.5 Å². The second kappa shape index (κ2) is 14.3. The second-order valence-corrected chi connectivity index (χ2v) is 15.5. The maximum absolute atomic E-state index is 13.9. The standard InChI is InChI=1S/C33H48N4O7S/c1-22(2)19-37(45(41,42)25-12-13-27-28(17-25)44-21-43-27)26-11-9-10-24(30(26)39)16-23(3)18-34-32(40)31(33(4,5)6)35-29(38)20-36-14-7-8-15-36/h9-13,17,22-23,31,39H,7-8,14-16,18-21H2,1-6H3,(H,34,40)(H,35,38)/t23?,31-/m0/s1. The molecule has 2 aromatic rings. The predicted molar refractivity (Wildman–Crippen MR) is 173 cm³/mol. The van der Waals surface area contributed by atoms with Gasteiger partial charge in [-0.15, -0.1) is 0 Å². The van der Waals surface area contributed by atoms with Gasteiger partial charge in [-0.25, -0.2) is 8.42 Å². The quantitative estimate of drug-likeness (QED) is 0.299. The van der Waals surface area contributed by atoms with Gasteiger partial charge < -0.3 is 25.2 Å². The summed E-state index contributed by atoms with van der Waals surface area (Å²) in [6.45, 7) is 14.1. The normalized spacial score (nSPS) is 16.4. The van der Waals surface area contributed by atoms with Crippen molar-refractivity contribution in [1.29, 1.82) is 0 Å². The molecule has 248 valence electrons. The first kappa shape index (κ1) is 34.4. The number of para-hydroxylation sites is 1. The molecule has 2 aliphatic heterocycles. The first-order valence-electron chi connectivity index (χ1n) is 15.7. The number of benzene rings is 2. The van der Waals surface area contributed by atoms with Crippen molar-refractivity contribution >= 4 is 27.5 Å². The highest BCUT2D eigenvalue weighted by Crippen LogP contribution is 2.39. The largest absolute Gasteiger partial charge is 0.505 e. The molecule has 2 heterocycles. The molecule has 0 spiro atoms. The third-order valence-corrected chi connectivity index (χ3v) is 9.80. The SMILES string of the molecule is CC(C)CN(c1cccc(CC(C)CNC(=O)[C@H](NC(=O)CN2CCCC2)C(C)(C)C)c1O)S(=O)(=O)c1ccc2c(c1)OCO2. The van der Waals surface area contributed by atoms with Gasteiger partial charge in [0.1, 0.15) is 11.8 Å². The number of hydrogen-bond donors (Lipinski definition) is 3. The number of likely N-dealkylation sites (tertiary alicyclic amines) is 1. The van der Waals surface area contributed by atoms with Crippen LogP contribution in [-0.4, -0.2) is 75.8 Å². The number of amides is 2. The molecule has 12 heteroatoms. The Kier molecular flexibility index (Phi) is 10.9. The van der Waals surface area contributed by atoms with E-state index in [2.05, 4.69) is 15.5 Å². The summed E-state index contributed by atoms with van der Waals surface area (Å²) in [4.78, 5) is 28.1. The number of ether oxygens (including phenoxy) is 2. The van der Waals surface area contributed by atoms with Gasteiger partial charge in [-0.2, -0.15) is 0 Å². The van der Waals surface area contributed by atoms with E-state index in [4.69, 9.17) is 9.47 Å². The minimum absolute atomic E-state index is 0.0280. The molecule has 11 nitrogen and oxygen atoms in total. The van der Waals surface area contributed by atoms with Crippen molar-refractivity contribution in [3.05, 3.63) is 42.0 Å². The second-order valence-electron chi connectivity index (χ2n) is 13.6. The molecular weight excluding hydrogens is 596 g/mol. The third kappa shape index (κ3) is 8.61. The van der Waals surface area contributed by atoms with Crippen LogP contribution in [0.1, 0.15) is 59.9 Å². The van der Waals surface area contributed by atoms with Gasteiger partial charge >= 0.3 is 0 Å². The van der Waals surface area contributed by atoms with E-state index < -0.39 is 21.5 Å². The van der Waals surface area contributed by atoms with Gasteiger partial charge in [0.25, 0.3) is 10.0 Å². The predicted octanol–water partition coefficient (Wildman–Crippen LogP) is 3.89. The summed E-state index contributed by atoms with van der Waals surface area (Å²) in [5.74, 6) is 0.159. The van der Waals surface area contributed by atoms with Crippen LogP contribution < -0.4 is 24.4 Å². The van der Waals surface area contributed by atoms with Crippen LogP contribution in [0.4, 0.5) is 5.69 Å². The molecule has 0 aromatic heterocycles. The highest BCUT2D eigenvalue weighted by atomic mass is 32.2. The fourth-order valence-electron chi connectivity index (χ4n) is 5.62. The molecule has 0 radical (unpaired) electrons. The number of nitrogens with one attached hydrogen (secondary N) is 2. The molecule has 2 atom stereocenters. The molecule has 4 rings (SSSR count). The lowest BCUT2D eigenvalue weighted by Crippen LogP contribution is -2.55. The van der Waals surface area contributed by atoms with Crippen molar-refractivity contribution in [2.45, 2.75) is 71.7 Å². The molecule has 2 amide bonds. The zero-order chi connectivity index (χ0) is 32.9. The van der Waals surface area contributed by atoms with Crippen LogP contribution in [-0.2, 0) is 26.0 Å². The summed E-state index contributed by atoms with van der Waals surface area (Å²) in [6, 6.07) is 8.85. The summed E-state index contributed by atoms with van der Waals surface area (Å²) in [5.41, 5.74) is 0.253. The molecule has 1 fully saturated rings. The number of sulfonamides is 1. The number of aromatic hydroxyl groups is 1. The average Bonchev–Trinajstić information content (AvgIpc) is 3.65. The van der Waals surface area contributed by atoms with Gasteiger partial charge in [0, 0.05) is 19.2 Å². The summed E-state index contributed by atoms with van der Waals surface area (Å²) >= 11 is 0. The number of phenolic OH excluding ortho intramolecular Hbond substituents is 1. The van der Waals surface area contributed by atoms with Crippen molar-refractivity contribution in [3.63, 3.8) is 0 Å². The van der Waals surface area contributed by atoms with Gasteiger partial charge in [-0.3, -0.25) is 18.8 Å². The zero-order valence-electron chi connectivity index (χ0n) is 27.3. The number of carbonyl (C=O) groups excluding carboxylic acids is 2. The summed E-state index contributed by atoms with van der Waals surface area (Å²) in [7, 11) is -4.06. The molecule has 2 aromatic carbocycles. The van der Waals surface area contributed by atoms with Crippen molar-refractivity contribution in [3.8, 4) is 17.2 Å². The third-order valence-electron chi connectivity index (χ3n) is 8.02. The van der Waals surface area contributed by atoms with Crippen LogP contribution in [0.2, 0.25) is 0 Å². The number of rotatable bonds is 13. The first-order chi connectivity index (χ1) is 21.2. The number of fused-ring (bicyclic) bond motifs is 1. The summed E-state index contributed by atoms with van der Waals surface area (Å²) < 4.78 is 39.7. The van der Waals surface area contributed by atoms with Crippen molar-refractivity contribution in [2.24, 2.45) is 17.3 Å². The monoisotopic (exact) mass is 644 g/mol. The Morgan fingerprint density at radius 3 is 2.40 bits per heavy atom.